The summed E-state index contributed by atoms with van der Waals surface area (Å²) in [4.78, 5) is 35.2. The molecule has 0 bridgehead atoms. The van der Waals surface area contributed by atoms with E-state index < -0.39 is 10.8 Å². The number of benzene rings is 3. The number of aromatic nitrogens is 2. The summed E-state index contributed by atoms with van der Waals surface area (Å²) in [6.07, 6.45) is 2.84. The fraction of sp³-hybridized carbons (Fsp3) is 0.412. The van der Waals surface area contributed by atoms with Crippen molar-refractivity contribution in [3.63, 3.8) is 0 Å². The van der Waals surface area contributed by atoms with Crippen LogP contribution in [0.5, 0.6) is 17.2 Å². The molecule has 1 aliphatic rings. The molecule has 5 rings (SSSR count). The summed E-state index contributed by atoms with van der Waals surface area (Å²) in [5.74, 6) is 2.28. The van der Waals surface area contributed by atoms with Crippen molar-refractivity contribution in [2.45, 2.75) is 51.0 Å². The summed E-state index contributed by atoms with van der Waals surface area (Å²) in [5, 5.41) is 12.3. The van der Waals surface area contributed by atoms with Crippen LogP contribution in [-0.4, -0.2) is 76.4 Å². The Kier molecular flexibility index (Phi) is 11.4. The van der Waals surface area contributed by atoms with E-state index in [9.17, 15) is 14.9 Å². The number of fused-ring (bicyclic) bond motifs is 1. The molecule has 3 aromatic carbocycles. The van der Waals surface area contributed by atoms with Gasteiger partial charge in [0.2, 0.25) is 5.75 Å². The number of imidazole rings is 1. The van der Waals surface area contributed by atoms with Crippen molar-refractivity contribution in [1.82, 2.24) is 14.9 Å². The molecule has 2 atom stereocenters. The van der Waals surface area contributed by atoms with Crippen LogP contribution in [0.25, 0.3) is 22.4 Å². The molecule has 4 aromatic rings. The van der Waals surface area contributed by atoms with Gasteiger partial charge in [-0.1, -0.05) is 19.1 Å². The highest BCUT2D eigenvalue weighted by atomic mass is 32.2. The summed E-state index contributed by atoms with van der Waals surface area (Å²) in [5.41, 5.74) is 2.27. The van der Waals surface area contributed by atoms with Gasteiger partial charge in [-0.2, -0.15) is 0 Å². The Labute approximate surface area is 272 Å². The molecular weight excluding hydrogens is 608 g/mol. The van der Waals surface area contributed by atoms with Gasteiger partial charge in [0.05, 0.1) is 42.3 Å². The highest BCUT2D eigenvalue weighted by molar-refractivity contribution is 7.99. The van der Waals surface area contributed by atoms with Crippen molar-refractivity contribution in [1.29, 1.82) is 0 Å². The van der Waals surface area contributed by atoms with Gasteiger partial charge in [0, 0.05) is 30.8 Å². The van der Waals surface area contributed by atoms with Gasteiger partial charge in [-0.05, 0) is 74.8 Å². The van der Waals surface area contributed by atoms with E-state index in [1.807, 2.05) is 62.4 Å². The minimum atomic E-state index is -0.550. The molecule has 2 heterocycles. The highest BCUT2D eigenvalue weighted by Crippen LogP contribution is 2.38. The van der Waals surface area contributed by atoms with Crippen molar-refractivity contribution in [3.8, 4) is 28.6 Å². The average molecular weight is 649 g/mol. The lowest BCUT2D eigenvalue weighted by Gasteiger charge is -2.31. The molecule has 1 N–H and O–H groups in total. The van der Waals surface area contributed by atoms with Crippen LogP contribution < -0.4 is 14.2 Å². The average Bonchev–Trinajstić information content (AvgIpc) is 3.73. The number of nitrogens with one attached hydrogen (secondary N) is 1. The number of thioether (sulfide) groups is 1. The van der Waals surface area contributed by atoms with E-state index >= 15 is 0 Å². The molecule has 244 valence electrons. The maximum absolute atomic E-state index is 13.8. The molecule has 1 unspecified atom stereocenters. The molecule has 1 fully saturated rings. The third-order valence-corrected chi connectivity index (χ3v) is 8.93. The number of para-hydroxylation sites is 2. The lowest BCUT2D eigenvalue weighted by atomic mass is 10.1. The number of methoxy groups -OCH3 is 1. The standard InChI is InChI=1S/C34H40N4O7S/c1-4-43-34(46-5-2)29-13-10-18-37(29)33(39)26-21-25(42-3)22-30(31(26)38(40)41)45-20-9-8-19-44-24-16-14-23(15-17-24)32-35-27-11-6-7-12-28(27)36-32/h6-7,11-12,14-17,21-22,29,34H,4-5,8-10,13,18-20H2,1-3H3,(H,35,36)/t29-,34?/m0/s1. The number of amides is 1. The van der Waals surface area contributed by atoms with Crippen LogP contribution in [0, 0.1) is 10.1 Å². The first-order chi connectivity index (χ1) is 22.4. The quantitative estimate of drug-likeness (QED) is 0.0585. The molecule has 46 heavy (non-hydrogen) atoms. The highest BCUT2D eigenvalue weighted by Gasteiger charge is 2.39. The van der Waals surface area contributed by atoms with Crippen molar-refractivity contribution < 1.29 is 28.7 Å². The predicted molar refractivity (Wildman–Crippen MR) is 179 cm³/mol. The summed E-state index contributed by atoms with van der Waals surface area (Å²) in [6.45, 7) is 5.65. The van der Waals surface area contributed by atoms with Crippen LogP contribution in [-0.2, 0) is 4.74 Å². The maximum atomic E-state index is 13.8. The number of rotatable bonds is 16. The van der Waals surface area contributed by atoms with Gasteiger partial charge < -0.3 is 28.8 Å². The molecule has 1 amide bonds. The lowest BCUT2D eigenvalue weighted by Crippen LogP contribution is -2.43. The van der Waals surface area contributed by atoms with Crippen LogP contribution in [0.4, 0.5) is 5.69 Å². The second-order valence-corrected chi connectivity index (χ2v) is 12.2. The van der Waals surface area contributed by atoms with Crippen LogP contribution in [0.3, 0.4) is 0 Å². The van der Waals surface area contributed by atoms with Gasteiger partial charge in [0.1, 0.15) is 28.3 Å². The largest absolute Gasteiger partial charge is 0.497 e. The van der Waals surface area contributed by atoms with Crippen LogP contribution in [0.1, 0.15) is 49.9 Å². The van der Waals surface area contributed by atoms with E-state index in [0.717, 1.165) is 46.8 Å². The van der Waals surface area contributed by atoms with Crippen molar-refractivity contribution in [2.24, 2.45) is 0 Å². The number of hydrogen-bond donors (Lipinski definition) is 1. The second-order valence-electron chi connectivity index (χ2n) is 10.8. The first-order valence-corrected chi connectivity index (χ1v) is 16.7. The second kappa shape index (κ2) is 15.8. The number of nitro groups is 1. The number of ether oxygens (including phenoxy) is 4. The van der Waals surface area contributed by atoms with E-state index in [1.165, 1.54) is 19.2 Å². The van der Waals surface area contributed by atoms with Gasteiger partial charge in [-0.3, -0.25) is 14.9 Å². The number of unbranched alkanes of at least 4 members (excludes halogenated alkanes) is 1. The molecule has 0 spiro atoms. The Morgan fingerprint density at radius 3 is 2.54 bits per heavy atom. The Balaban J connectivity index is 1.18. The van der Waals surface area contributed by atoms with E-state index in [4.69, 9.17) is 18.9 Å². The normalized spacial score (nSPS) is 15.2. The van der Waals surface area contributed by atoms with E-state index in [1.54, 1.807) is 16.7 Å². The van der Waals surface area contributed by atoms with E-state index in [2.05, 4.69) is 9.97 Å². The Bertz CT molecular complexity index is 1590. The van der Waals surface area contributed by atoms with E-state index in [-0.39, 0.29) is 35.1 Å². The third-order valence-electron chi connectivity index (χ3n) is 7.82. The molecule has 0 radical (unpaired) electrons. The van der Waals surface area contributed by atoms with Crippen molar-refractivity contribution in [2.75, 3.05) is 39.2 Å². The molecule has 1 aromatic heterocycles. The number of carbonyl (C=O) groups is 1. The van der Waals surface area contributed by atoms with Gasteiger partial charge in [-0.15, -0.1) is 11.8 Å². The SMILES string of the molecule is CCOC(SCC)[C@@H]1CCCN1C(=O)c1cc(OC)cc(OCCCCOc2ccc(-c3nc4ccccc4[nH]3)cc2)c1[N+](=O)[O-]. The number of hydrogen-bond acceptors (Lipinski definition) is 9. The Hall–Kier alpha value is -4.29. The number of aromatic amines is 1. The molecule has 12 heteroatoms. The summed E-state index contributed by atoms with van der Waals surface area (Å²) in [6, 6.07) is 18.3. The van der Waals surface area contributed by atoms with Gasteiger partial charge in [0.25, 0.3) is 5.91 Å². The fourth-order valence-electron chi connectivity index (χ4n) is 5.62. The van der Waals surface area contributed by atoms with Gasteiger partial charge >= 0.3 is 5.69 Å². The van der Waals surface area contributed by atoms with Gasteiger partial charge in [-0.25, -0.2) is 4.98 Å². The minimum absolute atomic E-state index is 0.00910. The van der Waals surface area contributed by atoms with Crippen molar-refractivity contribution in [3.05, 3.63) is 76.3 Å². The Morgan fingerprint density at radius 2 is 1.85 bits per heavy atom. The monoisotopic (exact) mass is 648 g/mol. The summed E-state index contributed by atoms with van der Waals surface area (Å²) >= 11 is 1.64. The third kappa shape index (κ3) is 7.73. The van der Waals surface area contributed by atoms with Crippen LogP contribution in [0.2, 0.25) is 0 Å². The number of H-pyrrole nitrogens is 1. The smallest absolute Gasteiger partial charge is 0.323 e. The summed E-state index contributed by atoms with van der Waals surface area (Å²) in [7, 11) is 1.46. The first kappa shape index (κ1) is 33.1. The molecule has 1 saturated heterocycles. The molecule has 1 aliphatic heterocycles. The molecule has 0 saturated carbocycles. The maximum Gasteiger partial charge on any atom is 0.323 e. The zero-order chi connectivity index (χ0) is 32.5. The van der Waals surface area contributed by atoms with Crippen molar-refractivity contribution >= 4 is 34.4 Å². The predicted octanol–water partition coefficient (Wildman–Crippen LogP) is 7.11. The number of carbonyl (C=O) groups excluding carboxylic acids is 1. The fourth-order valence-corrected chi connectivity index (χ4v) is 6.68. The lowest BCUT2D eigenvalue weighted by molar-refractivity contribution is -0.386. The van der Waals surface area contributed by atoms with E-state index in [0.29, 0.717) is 38.3 Å². The molecular formula is C34H40N4O7S. The van der Waals surface area contributed by atoms with Crippen LogP contribution in [0.15, 0.2) is 60.7 Å². The number of nitrogens with zero attached hydrogens (tertiary/aromatic N) is 3. The minimum Gasteiger partial charge on any atom is -0.497 e. The first-order valence-electron chi connectivity index (χ1n) is 15.6. The topological polar surface area (TPSA) is 129 Å². The summed E-state index contributed by atoms with van der Waals surface area (Å²) < 4.78 is 23.2. The zero-order valence-electron chi connectivity index (χ0n) is 26.4. The Morgan fingerprint density at radius 1 is 1.09 bits per heavy atom. The number of likely N-dealkylation sites (tertiary alicyclic amines) is 1. The molecule has 0 aliphatic carbocycles. The van der Waals surface area contributed by atoms with Crippen LogP contribution >= 0.6 is 11.8 Å². The van der Waals surface area contributed by atoms with Gasteiger partial charge in [0.15, 0.2) is 0 Å². The molecule has 11 nitrogen and oxygen atoms in total. The zero-order valence-corrected chi connectivity index (χ0v) is 27.2. The number of nitro benzene ring substituents is 1.